The van der Waals surface area contributed by atoms with Crippen molar-refractivity contribution in [3.63, 3.8) is 0 Å². The minimum Gasteiger partial charge on any atom is -0.282 e. The molecule has 2 rings (SSSR count). The lowest BCUT2D eigenvalue weighted by Crippen LogP contribution is -2.06. The van der Waals surface area contributed by atoms with Crippen LogP contribution in [0.25, 0.3) is 11.1 Å². The number of hydrogen-bond acceptors (Lipinski definition) is 4. The van der Waals surface area contributed by atoms with Crippen molar-refractivity contribution in [2.75, 3.05) is 0 Å². The fourth-order valence-corrected chi connectivity index (χ4v) is 4.44. The first kappa shape index (κ1) is 17.2. The quantitative estimate of drug-likeness (QED) is 0.789. The smallest absolute Gasteiger partial charge is 0.282 e. The maximum atomic E-state index is 11.5. The van der Waals surface area contributed by atoms with Gasteiger partial charge in [0.2, 0.25) is 0 Å². The van der Waals surface area contributed by atoms with Crippen molar-refractivity contribution in [1.29, 1.82) is 0 Å². The van der Waals surface area contributed by atoms with Gasteiger partial charge in [0.15, 0.2) is 0 Å². The molecule has 0 amide bonds. The molecule has 0 spiro atoms. The molecule has 0 bridgehead atoms. The van der Waals surface area contributed by atoms with Gasteiger partial charge in [-0.15, -0.1) is 0 Å². The minimum atomic E-state index is -4.74. The van der Waals surface area contributed by atoms with E-state index >= 15 is 0 Å². The average molecular weight is 383 g/mol. The Morgan fingerprint density at radius 1 is 0.682 bits per heavy atom. The standard InChI is InChI=1S/C12H8Cl2O6S2/c13-9-5-1-3-7(11(9)21(15,16)17)8-4-2-6-10(14)12(8)22(18,19)20/h1-6H,(H,15,16,17)(H,18,19,20). The second-order valence-corrected chi connectivity index (χ2v) is 7.71. The molecule has 22 heavy (non-hydrogen) atoms. The van der Waals surface area contributed by atoms with Crippen LogP contribution in [0, 0.1) is 0 Å². The van der Waals surface area contributed by atoms with E-state index in [4.69, 9.17) is 23.2 Å². The Labute approximate surface area is 136 Å². The van der Waals surface area contributed by atoms with E-state index in [9.17, 15) is 25.9 Å². The summed E-state index contributed by atoms with van der Waals surface area (Å²) >= 11 is 11.6. The first-order chi connectivity index (χ1) is 10.0. The first-order valence-corrected chi connectivity index (χ1v) is 9.19. The highest BCUT2D eigenvalue weighted by Gasteiger charge is 2.26. The van der Waals surface area contributed by atoms with Crippen LogP contribution in [0.15, 0.2) is 46.2 Å². The predicted molar refractivity (Wildman–Crippen MR) is 81.5 cm³/mol. The normalized spacial score (nSPS) is 12.4. The van der Waals surface area contributed by atoms with E-state index in [-0.39, 0.29) is 21.2 Å². The van der Waals surface area contributed by atoms with Gasteiger partial charge < -0.3 is 0 Å². The molecule has 0 saturated carbocycles. The third-order valence-electron chi connectivity index (χ3n) is 2.74. The van der Waals surface area contributed by atoms with Crippen LogP contribution in [-0.4, -0.2) is 25.9 Å². The number of halogens is 2. The van der Waals surface area contributed by atoms with Crippen LogP contribution in [0.4, 0.5) is 0 Å². The Hall–Kier alpha value is -1.16. The molecule has 2 aromatic carbocycles. The Morgan fingerprint density at radius 2 is 1.00 bits per heavy atom. The largest absolute Gasteiger partial charge is 0.296 e. The van der Waals surface area contributed by atoms with Crippen LogP contribution in [0.5, 0.6) is 0 Å². The molecule has 0 aliphatic heterocycles. The molecule has 0 aliphatic rings. The van der Waals surface area contributed by atoms with Crippen molar-refractivity contribution < 1.29 is 25.9 Å². The van der Waals surface area contributed by atoms with Gasteiger partial charge in [0.1, 0.15) is 9.79 Å². The van der Waals surface area contributed by atoms with E-state index in [1.807, 2.05) is 0 Å². The second-order valence-electron chi connectivity index (χ2n) is 4.18. The van der Waals surface area contributed by atoms with Crippen LogP contribution < -0.4 is 0 Å². The lowest BCUT2D eigenvalue weighted by Gasteiger charge is -2.13. The molecule has 0 saturated heterocycles. The number of rotatable bonds is 3. The van der Waals surface area contributed by atoms with E-state index in [0.717, 1.165) is 0 Å². The van der Waals surface area contributed by atoms with Crippen LogP contribution in [0.1, 0.15) is 0 Å². The van der Waals surface area contributed by atoms with Gasteiger partial charge in [0.25, 0.3) is 20.2 Å². The molecule has 0 heterocycles. The van der Waals surface area contributed by atoms with Gasteiger partial charge in [-0.05, 0) is 12.1 Å². The van der Waals surface area contributed by atoms with Crippen LogP contribution in [-0.2, 0) is 20.2 Å². The molecule has 0 aliphatic carbocycles. The van der Waals surface area contributed by atoms with E-state index in [0.29, 0.717) is 0 Å². The highest BCUT2D eigenvalue weighted by Crippen LogP contribution is 2.38. The van der Waals surface area contributed by atoms with Gasteiger partial charge >= 0.3 is 0 Å². The van der Waals surface area contributed by atoms with Crippen molar-refractivity contribution in [2.24, 2.45) is 0 Å². The van der Waals surface area contributed by atoms with E-state index < -0.39 is 30.0 Å². The summed E-state index contributed by atoms with van der Waals surface area (Å²) in [5.41, 5.74) is -0.407. The Bertz CT molecular complexity index is 872. The van der Waals surface area contributed by atoms with Crippen molar-refractivity contribution in [3.8, 4) is 11.1 Å². The van der Waals surface area contributed by atoms with E-state index in [1.54, 1.807) is 0 Å². The third kappa shape index (κ3) is 3.27. The van der Waals surface area contributed by atoms with Gasteiger partial charge in [-0.2, -0.15) is 16.8 Å². The SMILES string of the molecule is O=S(=O)(O)c1c(Cl)cccc1-c1cccc(Cl)c1S(=O)(=O)O. The summed E-state index contributed by atoms with van der Waals surface area (Å²) in [5, 5.41) is -0.609. The summed E-state index contributed by atoms with van der Waals surface area (Å²) in [6.45, 7) is 0. The van der Waals surface area contributed by atoms with Crippen LogP contribution in [0.3, 0.4) is 0 Å². The van der Waals surface area contributed by atoms with Crippen molar-refractivity contribution >= 4 is 43.4 Å². The Kier molecular flexibility index (Phi) is 4.54. The van der Waals surface area contributed by atoms with Crippen molar-refractivity contribution in [2.45, 2.75) is 9.79 Å². The molecule has 0 radical (unpaired) electrons. The molecule has 0 atom stereocenters. The molecule has 10 heteroatoms. The summed E-state index contributed by atoms with van der Waals surface area (Å²) in [5.74, 6) is 0. The van der Waals surface area contributed by atoms with Crippen molar-refractivity contribution in [3.05, 3.63) is 46.4 Å². The van der Waals surface area contributed by atoms with E-state index in [2.05, 4.69) is 0 Å². The van der Waals surface area contributed by atoms with Crippen LogP contribution in [0.2, 0.25) is 10.0 Å². The molecular formula is C12H8Cl2O6S2. The maximum Gasteiger partial charge on any atom is 0.296 e. The van der Waals surface area contributed by atoms with Gasteiger partial charge in [0.05, 0.1) is 10.0 Å². The molecule has 118 valence electrons. The number of benzene rings is 2. The highest BCUT2D eigenvalue weighted by molar-refractivity contribution is 7.86. The third-order valence-corrected chi connectivity index (χ3v) is 5.51. The van der Waals surface area contributed by atoms with Crippen molar-refractivity contribution in [1.82, 2.24) is 0 Å². The topological polar surface area (TPSA) is 109 Å². The zero-order chi connectivity index (χ0) is 16.7. The molecule has 6 nitrogen and oxygen atoms in total. The molecule has 2 aromatic rings. The lowest BCUT2D eigenvalue weighted by molar-refractivity contribution is 0.480. The van der Waals surface area contributed by atoms with E-state index in [1.165, 1.54) is 36.4 Å². The Balaban J connectivity index is 2.98. The monoisotopic (exact) mass is 382 g/mol. The maximum absolute atomic E-state index is 11.5. The minimum absolute atomic E-state index is 0.204. The zero-order valence-electron chi connectivity index (χ0n) is 10.6. The fourth-order valence-electron chi connectivity index (χ4n) is 1.97. The molecule has 0 unspecified atom stereocenters. The zero-order valence-corrected chi connectivity index (χ0v) is 13.7. The summed E-state index contributed by atoms with van der Waals surface area (Å²) in [6.07, 6.45) is 0. The summed E-state index contributed by atoms with van der Waals surface area (Å²) in [7, 11) is -9.48. The second kappa shape index (κ2) is 5.80. The van der Waals surface area contributed by atoms with Gasteiger partial charge in [-0.3, -0.25) is 9.11 Å². The fraction of sp³-hybridized carbons (Fsp3) is 0. The first-order valence-electron chi connectivity index (χ1n) is 5.56. The predicted octanol–water partition coefficient (Wildman–Crippen LogP) is 3.15. The molecule has 0 aromatic heterocycles. The highest BCUT2D eigenvalue weighted by atomic mass is 35.5. The van der Waals surface area contributed by atoms with Gasteiger partial charge in [0, 0.05) is 11.1 Å². The lowest BCUT2D eigenvalue weighted by atomic mass is 10.1. The summed E-state index contributed by atoms with van der Waals surface area (Å²) in [4.78, 5) is -1.35. The van der Waals surface area contributed by atoms with Gasteiger partial charge in [-0.25, -0.2) is 0 Å². The molecular weight excluding hydrogens is 375 g/mol. The van der Waals surface area contributed by atoms with Crippen LogP contribution >= 0.6 is 23.2 Å². The number of hydrogen-bond donors (Lipinski definition) is 2. The molecule has 2 N–H and O–H groups in total. The summed E-state index contributed by atoms with van der Waals surface area (Å²) < 4.78 is 64.7. The van der Waals surface area contributed by atoms with Gasteiger partial charge in [-0.1, -0.05) is 47.5 Å². The summed E-state index contributed by atoms with van der Waals surface area (Å²) in [6, 6.07) is 7.62. The Morgan fingerprint density at radius 3 is 1.27 bits per heavy atom. The molecule has 0 fully saturated rings. The average Bonchev–Trinajstić information content (AvgIpc) is 2.35.